The average Bonchev–Trinajstić information content (AvgIpc) is 2.94. The first-order valence-electron chi connectivity index (χ1n) is 9.17. The molecule has 1 N–H and O–H groups in total. The van der Waals surface area contributed by atoms with Gasteiger partial charge in [0.15, 0.2) is 0 Å². The smallest absolute Gasteiger partial charge is 0.334 e. The number of amides is 1. The SMILES string of the molecule is COC(=O)C1=C(c2ccc(NC(=O)c3c(F)cccc3F)cc2)CCCCC1. The number of halogens is 2. The molecule has 6 heteroatoms. The van der Waals surface area contributed by atoms with Gasteiger partial charge in [-0.1, -0.05) is 24.6 Å². The van der Waals surface area contributed by atoms with Crippen molar-refractivity contribution in [3.05, 3.63) is 70.8 Å². The van der Waals surface area contributed by atoms with Crippen LogP contribution in [0.1, 0.15) is 48.0 Å². The molecule has 146 valence electrons. The number of carbonyl (C=O) groups excluding carboxylic acids is 2. The maximum atomic E-state index is 13.8. The van der Waals surface area contributed by atoms with Crippen LogP contribution in [0.2, 0.25) is 0 Å². The first-order valence-corrected chi connectivity index (χ1v) is 9.17. The first-order chi connectivity index (χ1) is 13.5. The van der Waals surface area contributed by atoms with Gasteiger partial charge in [-0.3, -0.25) is 4.79 Å². The van der Waals surface area contributed by atoms with Crippen LogP contribution in [0.15, 0.2) is 48.0 Å². The van der Waals surface area contributed by atoms with Crippen LogP contribution in [0, 0.1) is 11.6 Å². The minimum atomic E-state index is -0.916. The van der Waals surface area contributed by atoms with E-state index in [1.165, 1.54) is 13.2 Å². The number of esters is 1. The largest absolute Gasteiger partial charge is 0.466 e. The third-order valence-corrected chi connectivity index (χ3v) is 4.83. The third kappa shape index (κ3) is 4.27. The van der Waals surface area contributed by atoms with E-state index in [1.54, 1.807) is 24.3 Å². The second kappa shape index (κ2) is 8.78. The second-order valence-electron chi connectivity index (χ2n) is 6.64. The molecule has 28 heavy (non-hydrogen) atoms. The van der Waals surface area contributed by atoms with Gasteiger partial charge in [-0.25, -0.2) is 13.6 Å². The normalized spacial score (nSPS) is 14.4. The Morgan fingerprint density at radius 2 is 1.57 bits per heavy atom. The van der Waals surface area contributed by atoms with E-state index in [9.17, 15) is 18.4 Å². The lowest BCUT2D eigenvalue weighted by Crippen LogP contribution is -2.15. The van der Waals surface area contributed by atoms with Crippen molar-refractivity contribution in [2.75, 3.05) is 12.4 Å². The molecular formula is C22H21F2NO3. The summed E-state index contributed by atoms with van der Waals surface area (Å²) < 4.78 is 32.4. The van der Waals surface area contributed by atoms with Crippen molar-refractivity contribution in [3.8, 4) is 0 Å². The molecule has 0 radical (unpaired) electrons. The van der Waals surface area contributed by atoms with Gasteiger partial charge in [0, 0.05) is 11.3 Å². The summed E-state index contributed by atoms with van der Waals surface area (Å²) in [4.78, 5) is 24.3. The highest BCUT2D eigenvalue weighted by molar-refractivity contribution is 6.04. The van der Waals surface area contributed by atoms with Crippen LogP contribution < -0.4 is 5.32 Å². The van der Waals surface area contributed by atoms with Crippen LogP contribution in [-0.4, -0.2) is 19.0 Å². The zero-order chi connectivity index (χ0) is 20.1. The van der Waals surface area contributed by atoms with Gasteiger partial charge in [-0.05, 0) is 61.1 Å². The Balaban J connectivity index is 1.84. The van der Waals surface area contributed by atoms with Gasteiger partial charge in [0.05, 0.1) is 7.11 Å². The maximum Gasteiger partial charge on any atom is 0.334 e. The summed E-state index contributed by atoms with van der Waals surface area (Å²) >= 11 is 0. The van der Waals surface area contributed by atoms with E-state index in [4.69, 9.17) is 4.74 Å². The summed E-state index contributed by atoms with van der Waals surface area (Å²) in [6.45, 7) is 0. The van der Waals surface area contributed by atoms with E-state index in [1.807, 2.05) is 0 Å². The molecule has 0 aliphatic heterocycles. The van der Waals surface area contributed by atoms with Gasteiger partial charge in [0.1, 0.15) is 17.2 Å². The highest BCUT2D eigenvalue weighted by Crippen LogP contribution is 2.32. The number of allylic oxidation sites excluding steroid dienone is 1. The van der Waals surface area contributed by atoms with E-state index >= 15 is 0 Å². The summed E-state index contributed by atoms with van der Waals surface area (Å²) in [6, 6.07) is 10.2. The summed E-state index contributed by atoms with van der Waals surface area (Å²) in [5.41, 5.74) is 2.29. The highest BCUT2D eigenvalue weighted by Gasteiger charge is 2.20. The fraction of sp³-hybridized carbons (Fsp3) is 0.273. The van der Waals surface area contributed by atoms with Crippen LogP contribution in [-0.2, 0) is 9.53 Å². The number of hydrogen-bond donors (Lipinski definition) is 1. The lowest BCUT2D eigenvalue weighted by molar-refractivity contribution is -0.136. The van der Waals surface area contributed by atoms with Crippen LogP contribution in [0.4, 0.5) is 14.5 Å². The van der Waals surface area contributed by atoms with Crippen molar-refractivity contribution in [1.29, 1.82) is 0 Å². The predicted octanol–water partition coefficient (Wildman–Crippen LogP) is 5.11. The average molecular weight is 385 g/mol. The van der Waals surface area contributed by atoms with E-state index in [0.717, 1.165) is 49.0 Å². The number of anilines is 1. The number of hydrogen-bond acceptors (Lipinski definition) is 3. The topological polar surface area (TPSA) is 55.4 Å². The summed E-state index contributed by atoms with van der Waals surface area (Å²) in [5.74, 6) is -3.00. The molecule has 0 unspecified atom stereocenters. The van der Waals surface area contributed by atoms with Gasteiger partial charge < -0.3 is 10.1 Å². The predicted molar refractivity (Wildman–Crippen MR) is 103 cm³/mol. The van der Waals surface area contributed by atoms with Crippen molar-refractivity contribution >= 4 is 23.1 Å². The number of nitrogens with one attached hydrogen (secondary N) is 1. The number of methoxy groups -OCH3 is 1. The summed E-state index contributed by atoms with van der Waals surface area (Å²) in [7, 11) is 1.37. The lowest BCUT2D eigenvalue weighted by atomic mass is 9.95. The molecule has 0 aromatic heterocycles. The quantitative estimate of drug-likeness (QED) is 0.745. The zero-order valence-corrected chi connectivity index (χ0v) is 15.6. The first kappa shape index (κ1) is 19.7. The van der Waals surface area contributed by atoms with Crippen molar-refractivity contribution in [2.24, 2.45) is 0 Å². The second-order valence-corrected chi connectivity index (χ2v) is 6.64. The molecule has 1 aliphatic carbocycles. The molecular weight excluding hydrogens is 364 g/mol. The van der Waals surface area contributed by atoms with Gasteiger partial charge in [0.25, 0.3) is 5.91 Å². The molecule has 0 atom stereocenters. The molecule has 0 saturated heterocycles. The van der Waals surface area contributed by atoms with E-state index < -0.39 is 23.1 Å². The Morgan fingerprint density at radius 3 is 2.21 bits per heavy atom. The minimum absolute atomic E-state index is 0.315. The zero-order valence-electron chi connectivity index (χ0n) is 15.6. The number of ether oxygens (including phenoxy) is 1. The molecule has 2 aromatic carbocycles. The van der Waals surface area contributed by atoms with E-state index in [0.29, 0.717) is 17.7 Å². The highest BCUT2D eigenvalue weighted by atomic mass is 19.1. The summed E-state index contributed by atoms with van der Waals surface area (Å²) in [6.07, 6.45) is 4.42. The Morgan fingerprint density at radius 1 is 0.929 bits per heavy atom. The minimum Gasteiger partial charge on any atom is -0.466 e. The van der Waals surface area contributed by atoms with Crippen molar-refractivity contribution in [3.63, 3.8) is 0 Å². The van der Waals surface area contributed by atoms with Gasteiger partial charge in [0.2, 0.25) is 0 Å². The molecule has 2 aromatic rings. The number of rotatable bonds is 4. The van der Waals surface area contributed by atoms with Crippen LogP contribution in [0.25, 0.3) is 5.57 Å². The molecule has 3 rings (SSSR count). The molecule has 4 nitrogen and oxygen atoms in total. The molecule has 1 aliphatic rings. The van der Waals surface area contributed by atoms with Crippen LogP contribution >= 0.6 is 0 Å². The monoisotopic (exact) mass is 385 g/mol. The van der Waals surface area contributed by atoms with Crippen molar-refractivity contribution in [1.82, 2.24) is 0 Å². The van der Waals surface area contributed by atoms with Crippen molar-refractivity contribution < 1.29 is 23.1 Å². The fourth-order valence-corrected chi connectivity index (χ4v) is 3.41. The Labute approximate surface area is 162 Å². The van der Waals surface area contributed by atoms with Crippen LogP contribution in [0.3, 0.4) is 0 Å². The number of carbonyl (C=O) groups is 2. The Kier molecular flexibility index (Phi) is 6.19. The summed E-state index contributed by atoms with van der Waals surface area (Å²) in [5, 5.41) is 2.50. The molecule has 0 saturated carbocycles. The maximum absolute atomic E-state index is 13.8. The molecule has 0 spiro atoms. The van der Waals surface area contributed by atoms with Gasteiger partial charge >= 0.3 is 5.97 Å². The Bertz CT molecular complexity index is 900. The third-order valence-electron chi connectivity index (χ3n) is 4.83. The Hall–Kier alpha value is -3.02. The number of benzene rings is 2. The lowest BCUT2D eigenvalue weighted by Gasteiger charge is -2.13. The molecule has 0 bridgehead atoms. The van der Waals surface area contributed by atoms with Crippen molar-refractivity contribution in [2.45, 2.75) is 32.1 Å². The van der Waals surface area contributed by atoms with E-state index in [-0.39, 0.29) is 5.97 Å². The molecule has 1 amide bonds. The van der Waals surface area contributed by atoms with Gasteiger partial charge in [-0.15, -0.1) is 0 Å². The van der Waals surface area contributed by atoms with E-state index in [2.05, 4.69) is 5.32 Å². The van der Waals surface area contributed by atoms with Gasteiger partial charge in [-0.2, -0.15) is 0 Å². The fourth-order valence-electron chi connectivity index (χ4n) is 3.41. The standard InChI is InChI=1S/C22H21F2NO3/c1-28-22(27)17-7-4-2-3-6-16(17)14-10-12-15(13-11-14)25-21(26)20-18(23)8-5-9-19(20)24/h5,8-13H,2-4,6-7H2,1H3,(H,25,26). The van der Waals surface area contributed by atoms with Crippen LogP contribution in [0.5, 0.6) is 0 Å². The molecule has 0 fully saturated rings. The molecule has 0 heterocycles.